The van der Waals surface area contributed by atoms with E-state index in [1.807, 2.05) is 60.1 Å². The highest BCUT2D eigenvalue weighted by molar-refractivity contribution is 7.12. The molecule has 0 aliphatic rings. The normalized spacial score (nSPS) is 11.9. The summed E-state index contributed by atoms with van der Waals surface area (Å²) in [6, 6.07) is 13.3. The zero-order valence-corrected chi connectivity index (χ0v) is 15.4. The molecule has 0 spiro atoms. The van der Waals surface area contributed by atoms with Gasteiger partial charge in [0.1, 0.15) is 11.9 Å². The molecule has 1 aromatic carbocycles. The first kappa shape index (κ1) is 17.7. The van der Waals surface area contributed by atoms with Gasteiger partial charge in [0.2, 0.25) is 0 Å². The minimum Gasteiger partial charge on any atom is -0.484 e. The maximum absolute atomic E-state index is 11.9. The van der Waals surface area contributed by atoms with Crippen molar-refractivity contribution in [1.29, 1.82) is 0 Å². The fourth-order valence-electron chi connectivity index (χ4n) is 2.33. The lowest BCUT2D eigenvalue weighted by atomic mass is 10.2. The molecule has 6 heteroatoms. The molecule has 0 radical (unpaired) electrons. The molecule has 0 aliphatic heterocycles. The van der Waals surface area contributed by atoms with Gasteiger partial charge in [0.15, 0.2) is 6.61 Å². The number of para-hydroxylation sites is 1. The molecule has 130 valence electrons. The molecule has 25 heavy (non-hydrogen) atoms. The van der Waals surface area contributed by atoms with Gasteiger partial charge in [0.05, 0.1) is 6.54 Å². The van der Waals surface area contributed by atoms with Gasteiger partial charge >= 0.3 is 0 Å². The fraction of sp³-hybridized carbons (Fsp3) is 0.211. The average molecular weight is 373 g/mol. The summed E-state index contributed by atoms with van der Waals surface area (Å²) in [5.74, 6) is 0.548. The topological polar surface area (TPSA) is 58.6 Å². The van der Waals surface area contributed by atoms with Crippen LogP contribution in [-0.4, -0.2) is 17.6 Å². The zero-order valence-electron chi connectivity index (χ0n) is 13.8. The van der Waals surface area contributed by atoms with Crippen LogP contribution in [0.15, 0.2) is 53.2 Å². The molecule has 0 aliphatic carbocycles. The van der Waals surface area contributed by atoms with E-state index in [0.717, 1.165) is 26.6 Å². The summed E-state index contributed by atoms with van der Waals surface area (Å²) >= 11 is 3.06. The first-order chi connectivity index (χ1) is 12.1. The van der Waals surface area contributed by atoms with Crippen LogP contribution in [0.4, 0.5) is 0 Å². The number of nitrogens with one attached hydrogen (secondary N) is 1. The Morgan fingerprint density at radius 1 is 1.24 bits per heavy atom. The Morgan fingerprint density at radius 2 is 2.08 bits per heavy atom. The highest BCUT2D eigenvalue weighted by atomic mass is 32.1. The number of rotatable bonds is 7. The third kappa shape index (κ3) is 4.69. The molecule has 3 rings (SSSR count). The van der Waals surface area contributed by atoms with Gasteiger partial charge in [-0.2, -0.15) is 11.3 Å². The van der Waals surface area contributed by atoms with Gasteiger partial charge in [-0.15, -0.1) is 11.3 Å². The smallest absolute Gasteiger partial charge is 0.258 e. The minimum absolute atomic E-state index is 0.0133. The molecule has 3 aromatic rings. The molecule has 0 bridgehead atoms. The van der Waals surface area contributed by atoms with Crippen molar-refractivity contribution in [3.05, 3.63) is 74.1 Å². The quantitative estimate of drug-likeness (QED) is 0.660. The number of carbonyl (C=O) groups is 1. The maximum Gasteiger partial charge on any atom is 0.258 e. The lowest BCUT2D eigenvalue weighted by Crippen LogP contribution is -2.28. The van der Waals surface area contributed by atoms with E-state index in [-0.39, 0.29) is 12.5 Å². The molecule has 4 nitrogen and oxygen atoms in total. The number of benzene rings is 1. The number of ether oxygens (including phenoxy) is 1. The summed E-state index contributed by atoms with van der Waals surface area (Å²) in [6.07, 6.45) is -0.606. The van der Waals surface area contributed by atoms with E-state index in [0.29, 0.717) is 6.54 Å². The Bertz CT molecular complexity index is 827. The van der Waals surface area contributed by atoms with Crippen LogP contribution in [0.5, 0.6) is 5.75 Å². The monoisotopic (exact) mass is 373 g/mol. The summed E-state index contributed by atoms with van der Waals surface area (Å²) in [5, 5.41) is 17.0. The van der Waals surface area contributed by atoms with E-state index < -0.39 is 6.10 Å². The average Bonchev–Trinajstić information content (AvgIpc) is 3.30. The number of amides is 1. The Kier molecular flexibility index (Phi) is 5.86. The standard InChI is InChI=1S/C19H19NO3S2/c1-13-4-2-3-5-16(13)23-11-18(21)20-10-15-6-7-17(25-15)19(22)14-8-9-24-12-14/h2-9,12,19,22H,10-11H2,1H3,(H,20,21)/t19-/m0/s1. The van der Waals surface area contributed by atoms with Crippen LogP contribution < -0.4 is 10.1 Å². The number of hydrogen-bond acceptors (Lipinski definition) is 5. The summed E-state index contributed by atoms with van der Waals surface area (Å²) in [4.78, 5) is 13.8. The predicted octanol–water partition coefficient (Wildman–Crippen LogP) is 3.89. The summed E-state index contributed by atoms with van der Waals surface area (Å²) in [5.41, 5.74) is 1.90. The van der Waals surface area contributed by atoms with Crippen molar-refractivity contribution >= 4 is 28.6 Å². The molecule has 2 N–H and O–H groups in total. The number of thiophene rings is 2. The molecule has 0 unspecified atom stereocenters. The van der Waals surface area contributed by atoms with Crippen molar-refractivity contribution in [3.63, 3.8) is 0 Å². The molecule has 0 saturated heterocycles. The van der Waals surface area contributed by atoms with E-state index in [4.69, 9.17) is 4.74 Å². The minimum atomic E-state index is -0.606. The van der Waals surface area contributed by atoms with Gasteiger partial charge in [-0.3, -0.25) is 4.79 Å². The fourth-order valence-corrected chi connectivity index (χ4v) is 3.98. The van der Waals surface area contributed by atoms with Crippen molar-refractivity contribution < 1.29 is 14.6 Å². The zero-order chi connectivity index (χ0) is 17.6. The van der Waals surface area contributed by atoms with Crippen molar-refractivity contribution in [1.82, 2.24) is 5.32 Å². The molecule has 2 heterocycles. The number of aliphatic hydroxyl groups is 1. The third-order valence-electron chi connectivity index (χ3n) is 3.72. The molecular weight excluding hydrogens is 354 g/mol. The second-order valence-corrected chi connectivity index (χ2v) is 7.57. The highest BCUT2D eigenvalue weighted by Crippen LogP contribution is 2.29. The van der Waals surface area contributed by atoms with Crippen LogP contribution in [0, 0.1) is 6.92 Å². The third-order valence-corrected chi connectivity index (χ3v) is 5.56. The highest BCUT2D eigenvalue weighted by Gasteiger charge is 2.13. The maximum atomic E-state index is 11.9. The Morgan fingerprint density at radius 3 is 2.84 bits per heavy atom. The molecule has 2 aromatic heterocycles. The number of hydrogen-bond donors (Lipinski definition) is 2. The van der Waals surface area contributed by atoms with Crippen LogP contribution in [0.3, 0.4) is 0 Å². The SMILES string of the molecule is Cc1ccccc1OCC(=O)NCc1ccc([C@@H](O)c2ccsc2)s1. The lowest BCUT2D eigenvalue weighted by molar-refractivity contribution is -0.123. The van der Waals surface area contributed by atoms with Crippen molar-refractivity contribution in [3.8, 4) is 5.75 Å². The van der Waals surface area contributed by atoms with Crippen LogP contribution in [-0.2, 0) is 11.3 Å². The van der Waals surface area contributed by atoms with E-state index in [1.54, 1.807) is 11.3 Å². The van der Waals surface area contributed by atoms with Crippen molar-refractivity contribution in [2.24, 2.45) is 0 Å². The number of aliphatic hydroxyl groups excluding tert-OH is 1. The van der Waals surface area contributed by atoms with Gasteiger partial charge in [0, 0.05) is 9.75 Å². The largest absolute Gasteiger partial charge is 0.484 e. The molecule has 1 amide bonds. The predicted molar refractivity (Wildman–Crippen MR) is 101 cm³/mol. The molecule has 1 atom stereocenters. The second-order valence-electron chi connectivity index (χ2n) is 5.59. The second kappa shape index (κ2) is 8.29. The summed E-state index contributed by atoms with van der Waals surface area (Å²) in [6.45, 7) is 2.36. The van der Waals surface area contributed by atoms with Gasteiger partial charge in [0.25, 0.3) is 5.91 Å². The van der Waals surface area contributed by atoms with Crippen LogP contribution in [0.25, 0.3) is 0 Å². The molecular formula is C19H19NO3S2. The van der Waals surface area contributed by atoms with Gasteiger partial charge in [-0.1, -0.05) is 18.2 Å². The van der Waals surface area contributed by atoms with Gasteiger partial charge < -0.3 is 15.2 Å². The van der Waals surface area contributed by atoms with Gasteiger partial charge in [-0.25, -0.2) is 0 Å². The summed E-state index contributed by atoms with van der Waals surface area (Å²) < 4.78 is 5.53. The van der Waals surface area contributed by atoms with Crippen LogP contribution in [0.2, 0.25) is 0 Å². The van der Waals surface area contributed by atoms with Gasteiger partial charge in [-0.05, 0) is 53.1 Å². The number of aryl methyl sites for hydroxylation is 1. The van der Waals surface area contributed by atoms with Crippen LogP contribution in [0.1, 0.15) is 27.0 Å². The molecule has 0 saturated carbocycles. The Balaban J connectivity index is 1.49. The van der Waals surface area contributed by atoms with Crippen molar-refractivity contribution in [2.75, 3.05) is 6.61 Å². The first-order valence-corrected chi connectivity index (χ1v) is 9.63. The lowest BCUT2D eigenvalue weighted by Gasteiger charge is -2.09. The van der Waals surface area contributed by atoms with Crippen LogP contribution >= 0.6 is 22.7 Å². The van der Waals surface area contributed by atoms with E-state index in [9.17, 15) is 9.90 Å². The van der Waals surface area contributed by atoms with E-state index in [1.165, 1.54) is 11.3 Å². The summed E-state index contributed by atoms with van der Waals surface area (Å²) in [7, 11) is 0. The Hall–Kier alpha value is -2.15. The van der Waals surface area contributed by atoms with E-state index in [2.05, 4.69) is 5.32 Å². The van der Waals surface area contributed by atoms with Crippen molar-refractivity contribution in [2.45, 2.75) is 19.6 Å². The Labute approximate surface area is 154 Å². The molecule has 0 fully saturated rings. The first-order valence-electron chi connectivity index (χ1n) is 7.87. The van der Waals surface area contributed by atoms with E-state index >= 15 is 0 Å². The number of carbonyl (C=O) groups excluding carboxylic acids is 1.